The Morgan fingerprint density at radius 2 is 1.91 bits per heavy atom. The monoisotopic (exact) mass is 335 g/mol. The van der Waals surface area contributed by atoms with Crippen LogP contribution in [0, 0.1) is 0 Å². The minimum absolute atomic E-state index is 0.320. The summed E-state index contributed by atoms with van der Waals surface area (Å²) in [5.41, 5.74) is 1.48. The van der Waals surface area contributed by atoms with Crippen LogP contribution < -0.4 is 4.90 Å². The van der Waals surface area contributed by atoms with Crippen LogP contribution in [0.5, 0.6) is 0 Å². The van der Waals surface area contributed by atoms with E-state index in [1.165, 1.54) is 4.88 Å². The van der Waals surface area contributed by atoms with E-state index >= 15 is 0 Å². The second-order valence-corrected chi connectivity index (χ2v) is 6.43. The molecule has 7 heteroatoms. The molecule has 3 aromatic rings. The van der Waals surface area contributed by atoms with Gasteiger partial charge in [-0.05, 0) is 35.6 Å². The first-order valence-corrected chi connectivity index (χ1v) is 8.04. The van der Waals surface area contributed by atoms with Crippen LogP contribution in [0.25, 0.3) is 10.9 Å². The van der Waals surface area contributed by atoms with Crippen molar-refractivity contribution in [2.45, 2.75) is 19.1 Å². The van der Waals surface area contributed by atoms with Gasteiger partial charge in [-0.1, -0.05) is 12.1 Å². The minimum atomic E-state index is -4.55. The summed E-state index contributed by atoms with van der Waals surface area (Å²) in [6, 6.07) is 8.87. The zero-order valence-electron chi connectivity index (χ0n) is 12.0. The van der Waals surface area contributed by atoms with E-state index < -0.39 is 12.0 Å². The molecule has 1 aliphatic rings. The summed E-state index contributed by atoms with van der Waals surface area (Å²) in [6.45, 7) is 1.24. The van der Waals surface area contributed by atoms with Gasteiger partial charge in [0.15, 0.2) is 0 Å². The van der Waals surface area contributed by atoms with Crippen molar-refractivity contribution in [3.63, 3.8) is 0 Å². The van der Waals surface area contributed by atoms with Crippen LogP contribution in [0.15, 0.2) is 35.7 Å². The number of rotatable bonds is 1. The average Bonchev–Trinajstić information content (AvgIpc) is 3.00. The van der Waals surface area contributed by atoms with Crippen molar-refractivity contribution in [1.29, 1.82) is 0 Å². The van der Waals surface area contributed by atoms with E-state index in [-0.39, 0.29) is 0 Å². The van der Waals surface area contributed by atoms with E-state index in [2.05, 4.69) is 9.97 Å². The number of halogens is 3. The number of para-hydroxylation sites is 1. The van der Waals surface area contributed by atoms with Crippen molar-refractivity contribution in [3.8, 4) is 0 Å². The fraction of sp³-hybridized carbons (Fsp3) is 0.250. The van der Waals surface area contributed by atoms with Crippen LogP contribution >= 0.6 is 11.3 Å². The Balaban J connectivity index is 1.85. The number of fused-ring (bicyclic) bond motifs is 2. The van der Waals surface area contributed by atoms with Gasteiger partial charge in [0.05, 0.1) is 5.52 Å². The molecule has 0 spiro atoms. The molecule has 0 radical (unpaired) electrons. The molecular formula is C16H12F3N3S. The predicted octanol–water partition coefficient (Wildman–Crippen LogP) is 4.27. The normalized spacial score (nSPS) is 15.0. The highest BCUT2D eigenvalue weighted by Gasteiger charge is 2.36. The summed E-state index contributed by atoms with van der Waals surface area (Å²) >= 11 is 1.69. The molecule has 0 bridgehead atoms. The number of hydrogen-bond acceptors (Lipinski definition) is 4. The lowest BCUT2D eigenvalue weighted by molar-refractivity contribution is -0.144. The SMILES string of the molecule is FC(F)(F)c1nc(N2CCc3sccc3C2)c2ccccc2n1. The molecule has 0 saturated heterocycles. The van der Waals surface area contributed by atoms with E-state index in [0.29, 0.717) is 29.8 Å². The summed E-state index contributed by atoms with van der Waals surface area (Å²) in [4.78, 5) is 10.7. The fourth-order valence-electron chi connectivity index (χ4n) is 2.86. The van der Waals surface area contributed by atoms with Gasteiger partial charge in [-0.25, -0.2) is 9.97 Å². The smallest absolute Gasteiger partial charge is 0.351 e. The number of hydrogen-bond donors (Lipinski definition) is 0. The maximum atomic E-state index is 13.1. The quantitative estimate of drug-likeness (QED) is 0.665. The van der Waals surface area contributed by atoms with Gasteiger partial charge in [-0.3, -0.25) is 0 Å². The highest BCUT2D eigenvalue weighted by atomic mass is 32.1. The Hall–Kier alpha value is -2.15. The molecule has 0 N–H and O–H groups in total. The van der Waals surface area contributed by atoms with Gasteiger partial charge in [0.25, 0.3) is 0 Å². The first kappa shape index (κ1) is 14.4. The van der Waals surface area contributed by atoms with Crippen molar-refractivity contribution in [2.75, 3.05) is 11.4 Å². The second-order valence-electron chi connectivity index (χ2n) is 5.43. The predicted molar refractivity (Wildman–Crippen MR) is 83.6 cm³/mol. The van der Waals surface area contributed by atoms with E-state index in [4.69, 9.17) is 0 Å². The molecule has 0 saturated carbocycles. The van der Waals surface area contributed by atoms with Gasteiger partial charge in [-0.2, -0.15) is 13.2 Å². The highest BCUT2D eigenvalue weighted by Crippen LogP contribution is 2.34. The van der Waals surface area contributed by atoms with Crippen molar-refractivity contribution in [1.82, 2.24) is 9.97 Å². The number of anilines is 1. The number of thiophene rings is 1. The van der Waals surface area contributed by atoms with Crippen molar-refractivity contribution in [2.24, 2.45) is 0 Å². The van der Waals surface area contributed by atoms with Crippen LogP contribution in [0.3, 0.4) is 0 Å². The molecule has 0 aliphatic carbocycles. The van der Waals surface area contributed by atoms with Crippen molar-refractivity contribution in [3.05, 3.63) is 52.0 Å². The summed E-state index contributed by atoms with van der Waals surface area (Å²) in [6.07, 6.45) is -3.73. The Morgan fingerprint density at radius 3 is 2.74 bits per heavy atom. The Morgan fingerprint density at radius 1 is 1.09 bits per heavy atom. The summed E-state index contributed by atoms with van der Waals surface area (Å²) < 4.78 is 39.3. The molecule has 1 aromatic carbocycles. The van der Waals surface area contributed by atoms with Crippen LogP contribution in [-0.2, 0) is 19.1 Å². The Kier molecular flexibility index (Phi) is 3.26. The maximum absolute atomic E-state index is 13.1. The van der Waals surface area contributed by atoms with E-state index in [1.54, 1.807) is 35.6 Å². The zero-order valence-corrected chi connectivity index (χ0v) is 12.8. The van der Waals surface area contributed by atoms with E-state index in [0.717, 1.165) is 12.0 Å². The maximum Gasteiger partial charge on any atom is 0.451 e. The van der Waals surface area contributed by atoms with Crippen LogP contribution in [0.2, 0.25) is 0 Å². The molecule has 1 aliphatic heterocycles. The molecule has 3 heterocycles. The topological polar surface area (TPSA) is 29.0 Å². The van der Waals surface area contributed by atoms with Gasteiger partial charge >= 0.3 is 6.18 Å². The minimum Gasteiger partial charge on any atom is -0.351 e. The molecule has 118 valence electrons. The van der Waals surface area contributed by atoms with Gasteiger partial charge in [0.2, 0.25) is 5.82 Å². The standard InChI is InChI=1S/C16H12F3N3S/c17-16(18,19)15-20-12-4-2-1-3-11(12)14(21-15)22-7-5-13-10(9-22)6-8-23-13/h1-4,6,8H,5,7,9H2. The van der Waals surface area contributed by atoms with Crippen LogP contribution in [-0.4, -0.2) is 16.5 Å². The molecule has 0 amide bonds. The highest BCUT2D eigenvalue weighted by molar-refractivity contribution is 7.10. The van der Waals surface area contributed by atoms with Gasteiger partial charge in [-0.15, -0.1) is 11.3 Å². The van der Waals surface area contributed by atoms with Gasteiger partial charge in [0.1, 0.15) is 5.82 Å². The molecule has 23 heavy (non-hydrogen) atoms. The van der Waals surface area contributed by atoms with E-state index in [9.17, 15) is 13.2 Å². The van der Waals surface area contributed by atoms with E-state index in [1.807, 2.05) is 16.3 Å². The largest absolute Gasteiger partial charge is 0.451 e. The lowest BCUT2D eigenvalue weighted by Crippen LogP contribution is -2.31. The first-order valence-electron chi connectivity index (χ1n) is 7.16. The van der Waals surface area contributed by atoms with Gasteiger partial charge in [0, 0.05) is 23.4 Å². The third-order valence-electron chi connectivity index (χ3n) is 3.94. The summed E-state index contributed by atoms with van der Waals surface area (Å²) in [7, 11) is 0. The molecule has 4 rings (SSSR count). The molecule has 0 fully saturated rings. The average molecular weight is 335 g/mol. The Labute approximate surface area is 134 Å². The molecule has 2 aromatic heterocycles. The molecule has 0 atom stereocenters. The molecule has 3 nitrogen and oxygen atoms in total. The lowest BCUT2D eigenvalue weighted by Gasteiger charge is -2.29. The van der Waals surface area contributed by atoms with Crippen molar-refractivity contribution >= 4 is 28.1 Å². The lowest BCUT2D eigenvalue weighted by atomic mass is 10.1. The zero-order chi connectivity index (χ0) is 16.0. The number of aromatic nitrogens is 2. The number of alkyl halides is 3. The first-order chi connectivity index (χ1) is 11.0. The van der Waals surface area contributed by atoms with Crippen LogP contribution in [0.4, 0.5) is 19.0 Å². The third kappa shape index (κ3) is 2.55. The third-order valence-corrected chi connectivity index (χ3v) is 4.97. The van der Waals surface area contributed by atoms with Gasteiger partial charge < -0.3 is 4.90 Å². The Bertz CT molecular complexity index is 872. The summed E-state index contributed by atoms with van der Waals surface area (Å²) in [5.74, 6) is -0.720. The van der Waals surface area contributed by atoms with Crippen LogP contribution in [0.1, 0.15) is 16.3 Å². The molecular weight excluding hydrogens is 323 g/mol. The second kappa shape index (κ2) is 5.19. The molecule has 0 unspecified atom stereocenters. The summed E-state index contributed by atoms with van der Waals surface area (Å²) in [5, 5.41) is 2.67. The number of benzene rings is 1. The van der Waals surface area contributed by atoms with Crippen molar-refractivity contribution < 1.29 is 13.2 Å². The fourth-order valence-corrected chi connectivity index (χ4v) is 3.75. The number of nitrogens with zero attached hydrogens (tertiary/aromatic N) is 3.